The third kappa shape index (κ3) is 8.39. The number of aromatic nitrogens is 2. The van der Waals surface area contributed by atoms with Gasteiger partial charge in [0.05, 0.1) is 19.3 Å². The number of methoxy groups -OCH3 is 1. The van der Waals surface area contributed by atoms with Crippen LogP contribution in [0.2, 0.25) is 0 Å². The number of benzene rings is 2. The van der Waals surface area contributed by atoms with Crippen molar-refractivity contribution in [2.24, 2.45) is 0 Å². The number of rotatable bonds is 11. The molecule has 0 fully saturated rings. The zero-order valence-corrected chi connectivity index (χ0v) is 25.7. The molecular formula is C32H34N4O7S. The van der Waals surface area contributed by atoms with Crippen LogP contribution in [0.5, 0.6) is 5.75 Å². The van der Waals surface area contributed by atoms with Crippen LogP contribution in [0.4, 0.5) is 10.6 Å². The van der Waals surface area contributed by atoms with Crippen LogP contribution >= 0.6 is 0 Å². The van der Waals surface area contributed by atoms with E-state index in [9.17, 15) is 23.1 Å². The fraction of sp³-hybridized carbons (Fsp3) is 0.250. The van der Waals surface area contributed by atoms with E-state index in [-0.39, 0.29) is 29.6 Å². The summed E-state index contributed by atoms with van der Waals surface area (Å²) in [5, 5.41) is 9.31. The average molecular weight is 619 g/mol. The number of anilines is 1. The topological polar surface area (TPSA) is 139 Å². The molecule has 44 heavy (non-hydrogen) atoms. The largest absolute Gasteiger partial charge is 0.497 e. The quantitative estimate of drug-likeness (QED) is 0.235. The van der Waals surface area contributed by atoms with E-state index in [1.54, 1.807) is 52.1 Å². The number of ether oxygens (including phenoxy) is 2. The van der Waals surface area contributed by atoms with E-state index in [1.807, 2.05) is 48.5 Å². The number of pyridine rings is 2. The van der Waals surface area contributed by atoms with Gasteiger partial charge in [0.15, 0.2) is 5.03 Å². The van der Waals surface area contributed by atoms with Crippen LogP contribution in [0.25, 0.3) is 11.1 Å². The summed E-state index contributed by atoms with van der Waals surface area (Å²) in [5.74, 6) is -0.528. The van der Waals surface area contributed by atoms with Crippen molar-refractivity contribution in [3.05, 3.63) is 102 Å². The van der Waals surface area contributed by atoms with Crippen molar-refractivity contribution in [2.75, 3.05) is 18.6 Å². The molecule has 0 aliphatic rings. The number of carboxylic acid groups (broad SMARTS) is 1. The average Bonchev–Trinajstić information content (AvgIpc) is 2.99. The van der Waals surface area contributed by atoms with Crippen molar-refractivity contribution < 1.29 is 32.6 Å². The second-order valence-electron chi connectivity index (χ2n) is 10.8. The van der Waals surface area contributed by atoms with Gasteiger partial charge in [0.1, 0.15) is 23.7 Å². The van der Waals surface area contributed by atoms with Crippen molar-refractivity contribution >= 4 is 27.9 Å². The van der Waals surface area contributed by atoms with Gasteiger partial charge >= 0.3 is 12.1 Å². The monoisotopic (exact) mass is 618 g/mol. The van der Waals surface area contributed by atoms with Crippen LogP contribution in [-0.2, 0) is 32.6 Å². The van der Waals surface area contributed by atoms with E-state index in [0.717, 1.165) is 21.8 Å². The number of amides is 1. The van der Waals surface area contributed by atoms with Gasteiger partial charge in [-0.05, 0) is 73.9 Å². The molecule has 2 aromatic heterocycles. The van der Waals surface area contributed by atoms with Crippen LogP contribution < -0.4 is 9.64 Å². The fourth-order valence-corrected chi connectivity index (χ4v) is 5.57. The SMILES string of the molecule is COc1cccc(-c2ccc(CN(Cc3cccc(N(CC(=O)O)C(=O)OC(C)(C)C)n3)S(=O)(=O)c3ccccn3)cc2)c1. The molecule has 230 valence electrons. The minimum Gasteiger partial charge on any atom is -0.497 e. The summed E-state index contributed by atoms with van der Waals surface area (Å²) in [6.07, 6.45) is 0.510. The van der Waals surface area contributed by atoms with Crippen LogP contribution in [0.15, 0.2) is 96.2 Å². The first-order chi connectivity index (χ1) is 20.9. The predicted octanol–water partition coefficient (Wildman–Crippen LogP) is 5.37. The maximum Gasteiger partial charge on any atom is 0.416 e. The molecule has 4 aromatic rings. The zero-order chi connectivity index (χ0) is 31.9. The molecule has 0 bridgehead atoms. The summed E-state index contributed by atoms with van der Waals surface area (Å²) >= 11 is 0. The molecule has 1 amide bonds. The van der Waals surface area contributed by atoms with Crippen molar-refractivity contribution in [3.63, 3.8) is 0 Å². The number of hydrogen-bond donors (Lipinski definition) is 1. The Morgan fingerprint density at radius 1 is 0.886 bits per heavy atom. The van der Waals surface area contributed by atoms with Crippen molar-refractivity contribution in [1.29, 1.82) is 0 Å². The summed E-state index contributed by atoms with van der Waals surface area (Å²) < 4.78 is 39.5. The third-order valence-corrected chi connectivity index (χ3v) is 7.98. The Morgan fingerprint density at radius 2 is 1.61 bits per heavy atom. The fourth-order valence-electron chi connectivity index (χ4n) is 4.24. The number of carbonyl (C=O) groups is 2. The van der Waals surface area contributed by atoms with Gasteiger partial charge < -0.3 is 14.6 Å². The second kappa shape index (κ2) is 13.7. The Kier molecular flexibility index (Phi) is 9.97. The lowest BCUT2D eigenvalue weighted by Gasteiger charge is -2.26. The Bertz CT molecular complexity index is 1710. The van der Waals surface area contributed by atoms with E-state index in [1.165, 1.54) is 22.6 Å². The number of carboxylic acids is 1. The third-order valence-electron chi connectivity index (χ3n) is 6.27. The van der Waals surface area contributed by atoms with E-state index in [4.69, 9.17) is 9.47 Å². The smallest absolute Gasteiger partial charge is 0.416 e. The molecule has 0 saturated carbocycles. The highest BCUT2D eigenvalue weighted by atomic mass is 32.2. The number of carbonyl (C=O) groups excluding carboxylic acids is 1. The number of sulfonamides is 1. The maximum absolute atomic E-state index is 13.8. The number of hydrogen-bond acceptors (Lipinski definition) is 8. The van der Waals surface area contributed by atoms with Gasteiger partial charge in [-0.2, -0.15) is 4.31 Å². The molecule has 11 nitrogen and oxygen atoms in total. The van der Waals surface area contributed by atoms with Gasteiger partial charge in [-0.3, -0.25) is 9.69 Å². The highest BCUT2D eigenvalue weighted by molar-refractivity contribution is 7.89. The van der Waals surface area contributed by atoms with Crippen LogP contribution in [-0.4, -0.2) is 59.1 Å². The molecule has 0 atom stereocenters. The van der Waals surface area contributed by atoms with Gasteiger partial charge in [0.25, 0.3) is 10.0 Å². The number of aliphatic carboxylic acids is 1. The second-order valence-corrected chi connectivity index (χ2v) is 12.7. The lowest BCUT2D eigenvalue weighted by molar-refractivity contribution is -0.135. The molecule has 0 spiro atoms. The summed E-state index contributed by atoms with van der Waals surface area (Å²) in [7, 11) is -2.49. The van der Waals surface area contributed by atoms with Crippen molar-refractivity contribution in [1.82, 2.24) is 14.3 Å². The molecule has 0 saturated heterocycles. The molecule has 12 heteroatoms. The molecule has 0 radical (unpaired) electrons. The van der Waals surface area contributed by atoms with E-state index in [2.05, 4.69) is 9.97 Å². The van der Waals surface area contributed by atoms with Gasteiger partial charge in [0, 0.05) is 12.7 Å². The van der Waals surface area contributed by atoms with Gasteiger partial charge in [-0.1, -0.05) is 48.5 Å². The Hall–Kier alpha value is -4.81. The number of nitrogens with zero attached hydrogens (tertiary/aromatic N) is 4. The molecule has 0 unspecified atom stereocenters. The molecule has 4 rings (SSSR count). The predicted molar refractivity (Wildman–Crippen MR) is 165 cm³/mol. The molecular weight excluding hydrogens is 584 g/mol. The minimum atomic E-state index is -4.09. The molecule has 0 aliphatic heterocycles. The van der Waals surface area contributed by atoms with Crippen LogP contribution in [0, 0.1) is 0 Å². The minimum absolute atomic E-state index is 0.00584. The van der Waals surface area contributed by atoms with Crippen molar-refractivity contribution in [2.45, 2.75) is 44.5 Å². The lowest BCUT2D eigenvalue weighted by atomic mass is 10.0. The Morgan fingerprint density at radius 3 is 2.25 bits per heavy atom. The standard InChI is InChI=1S/C32H34N4O7S/c1-32(2,3)43-31(39)36(22-30(37)38)28-12-8-10-26(34-28)21-35(44(40,41)29-13-5-6-18-33-29)20-23-14-16-24(17-15-23)25-9-7-11-27(19-25)42-4/h5-19H,20-22H2,1-4H3,(H,37,38). The van der Waals surface area contributed by atoms with Crippen LogP contribution in [0.1, 0.15) is 32.0 Å². The van der Waals surface area contributed by atoms with E-state index < -0.39 is 34.2 Å². The highest BCUT2D eigenvalue weighted by Crippen LogP contribution is 2.26. The first-order valence-electron chi connectivity index (χ1n) is 13.7. The normalized spacial score (nSPS) is 11.7. The molecule has 2 aromatic carbocycles. The molecule has 2 heterocycles. The Balaban J connectivity index is 1.66. The molecule has 1 N–H and O–H groups in total. The summed E-state index contributed by atoms with van der Waals surface area (Å²) in [4.78, 5) is 33.9. The van der Waals surface area contributed by atoms with Crippen LogP contribution in [0.3, 0.4) is 0 Å². The molecule has 0 aliphatic carbocycles. The maximum atomic E-state index is 13.8. The summed E-state index contributed by atoms with van der Waals surface area (Å²) in [6.45, 7) is 4.11. The Labute approximate surface area is 256 Å². The highest BCUT2D eigenvalue weighted by Gasteiger charge is 2.29. The van der Waals surface area contributed by atoms with E-state index in [0.29, 0.717) is 5.56 Å². The first kappa shape index (κ1) is 32.1. The van der Waals surface area contributed by atoms with E-state index >= 15 is 0 Å². The van der Waals surface area contributed by atoms with Gasteiger partial charge in [0.2, 0.25) is 0 Å². The lowest BCUT2D eigenvalue weighted by Crippen LogP contribution is -2.40. The van der Waals surface area contributed by atoms with Crippen molar-refractivity contribution in [3.8, 4) is 16.9 Å². The first-order valence-corrected chi connectivity index (χ1v) is 15.1. The van der Waals surface area contributed by atoms with Gasteiger partial charge in [-0.15, -0.1) is 0 Å². The zero-order valence-electron chi connectivity index (χ0n) is 24.9. The summed E-state index contributed by atoms with van der Waals surface area (Å²) in [6, 6.07) is 24.4. The summed E-state index contributed by atoms with van der Waals surface area (Å²) in [5.41, 5.74) is 2.01. The van der Waals surface area contributed by atoms with Gasteiger partial charge in [-0.25, -0.2) is 23.2 Å².